The summed E-state index contributed by atoms with van der Waals surface area (Å²) in [6.07, 6.45) is 0. The van der Waals surface area contributed by atoms with Gasteiger partial charge in [0.15, 0.2) is 0 Å². The second-order valence-electron chi connectivity index (χ2n) is 4.00. The molecule has 0 fully saturated rings. The van der Waals surface area contributed by atoms with Crippen molar-refractivity contribution in [3.63, 3.8) is 0 Å². The molecule has 0 aliphatic rings. The van der Waals surface area contributed by atoms with Gasteiger partial charge in [-0.3, -0.25) is 4.79 Å². The maximum Gasteiger partial charge on any atom is 0.275 e. The van der Waals surface area contributed by atoms with Crippen LogP contribution in [0.25, 0.3) is 4.96 Å². The smallest absolute Gasteiger partial charge is 0.275 e. The molecule has 20 heavy (non-hydrogen) atoms. The summed E-state index contributed by atoms with van der Waals surface area (Å²) in [6, 6.07) is 7.17. The van der Waals surface area contributed by atoms with Gasteiger partial charge in [0.25, 0.3) is 5.56 Å². The first-order valence-electron chi connectivity index (χ1n) is 5.64. The molecule has 0 aliphatic heterocycles. The molecule has 3 aromatic rings. The third kappa shape index (κ3) is 2.72. The molecule has 2 heterocycles. The lowest BCUT2D eigenvalue weighted by Gasteiger charge is -2.05. The second-order valence-corrected chi connectivity index (χ2v) is 6.68. The predicted molar refractivity (Wildman–Crippen MR) is 85.2 cm³/mol. The Bertz CT molecular complexity index is 830. The molecular formula is C12H9BrN4OS2. The van der Waals surface area contributed by atoms with Gasteiger partial charge in [0.1, 0.15) is 5.51 Å². The molecule has 1 aromatic carbocycles. The lowest BCUT2D eigenvalue weighted by Crippen LogP contribution is -2.14. The van der Waals surface area contributed by atoms with Crippen molar-refractivity contribution in [2.24, 2.45) is 0 Å². The largest absolute Gasteiger partial charge is 0.399 e. The normalized spacial score (nSPS) is 11.1. The van der Waals surface area contributed by atoms with Gasteiger partial charge in [0.2, 0.25) is 4.96 Å². The van der Waals surface area contributed by atoms with E-state index >= 15 is 0 Å². The first-order chi connectivity index (χ1) is 9.63. The van der Waals surface area contributed by atoms with Gasteiger partial charge >= 0.3 is 0 Å². The van der Waals surface area contributed by atoms with Crippen LogP contribution in [0, 0.1) is 0 Å². The lowest BCUT2D eigenvalue weighted by atomic mass is 10.3. The van der Waals surface area contributed by atoms with Crippen LogP contribution in [-0.2, 0) is 5.75 Å². The highest BCUT2D eigenvalue weighted by molar-refractivity contribution is 9.10. The van der Waals surface area contributed by atoms with Crippen LogP contribution >= 0.6 is 39.0 Å². The highest BCUT2D eigenvalue weighted by Crippen LogP contribution is 2.31. The number of nitrogen functional groups attached to an aromatic ring is 1. The van der Waals surface area contributed by atoms with E-state index in [0.717, 1.165) is 15.1 Å². The van der Waals surface area contributed by atoms with Gasteiger partial charge in [-0.2, -0.15) is 9.61 Å². The molecule has 0 saturated carbocycles. The molecule has 0 amide bonds. The average molecular weight is 369 g/mol. The average Bonchev–Trinajstić information content (AvgIpc) is 2.86. The van der Waals surface area contributed by atoms with E-state index in [1.807, 2.05) is 18.2 Å². The fourth-order valence-corrected chi connectivity index (χ4v) is 3.86. The maximum atomic E-state index is 11.8. The van der Waals surface area contributed by atoms with Gasteiger partial charge in [-0.1, -0.05) is 11.3 Å². The summed E-state index contributed by atoms with van der Waals surface area (Å²) in [5, 5.41) is 3.93. The minimum Gasteiger partial charge on any atom is -0.399 e. The number of nitrogens with two attached hydrogens (primary N) is 1. The number of fused-ring (bicyclic) bond motifs is 1. The molecule has 0 unspecified atom stereocenters. The zero-order chi connectivity index (χ0) is 14.1. The number of hydrogen-bond donors (Lipinski definition) is 1. The quantitative estimate of drug-likeness (QED) is 0.568. The monoisotopic (exact) mass is 368 g/mol. The van der Waals surface area contributed by atoms with E-state index < -0.39 is 0 Å². The summed E-state index contributed by atoms with van der Waals surface area (Å²) in [6.45, 7) is 0. The number of rotatable bonds is 3. The molecule has 0 saturated heterocycles. The molecule has 5 nitrogen and oxygen atoms in total. The molecule has 2 aromatic heterocycles. The molecule has 8 heteroatoms. The van der Waals surface area contributed by atoms with Crippen molar-refractivity contribution in [3.8, 4) is 0 Å². The number of aromatic nitrogens is 3. The zero-order valence-electron chi connectivity index (χ0n) is 10.1. The summed E-state index contributed by atoms with van der Waals surface area (Å²) in [7, 11) is 0. The van der Waals surface area contributed by atoms with Gasteiger partial charge in [-0.15, -0.1) is 11.8 Å². The topological polar surface area (TPSA) is 73.3 Å². The van der Waals surface area contributed by atoms with Crippen LogP contribution in [0.3, 0.4) is 0 Å². The lowest BCUT2D eigenvalue weighted by molar-refractivity contribution is 0.888. The Morgan fingerprint density at radius 2 is 2.25 bits per heavy atom. The summed E-state index contributed by atoms with van der Waals surface area (Å²) in [5.74, 6) is 0.617. The van der Waals surface area contributed by atoms with Gasteiger partial charge in [0, 0.05) is 26.9 Å². The van der Waals surface area contributed by atoms with Crippen molar-refractivity contribution in [3.05, 3.63) is 50.3 Å². The number of nitrogens with zero attached hydrogens (tertiary/aromatic N) is 3. The maximum absolute atomic E-state index is 11.8. The van der Waals surface area contributed by atoms with Crippen molar-refractivity contribution >= 4 is 49.7 Å². The predicted octanol–water partition coefficient (Wildman–Crippen LogP) is 2.79. The minimum absolute atomic E-state index is 0.150. The molecule has 0 radical (unpaired) electrons. The Hall–Kier alpha value is -1.38. The van der Waals surface area contributed by atoms with E-state index in [9.17, 15) is 4.79 Å². The van der Waals surface area contributed by atoms with Crippen LogP contribution in [0.5, 0.6) is 0 Å². The molecule has 3 rings (SSSR count). The molecule has 0 aliphatic carbocycles. The summed E-state index contributed by atoms with van der Waals surface area (Å²) in [5.41, 5.74) is 8.62. The Morgan fingerprint density at radius 3 is 3.05 bits per heavy atom. The Morgan fingerprint density at radius 1 is 1.40 bits per heavy atom. The SMILES string of the molecule is Nc1ccc(SCc2cc(=O)n3ncsc3n2)c(Br)c1. The van der Waals surface area contributed by atoms with Crippen LogP contribution in [0.15, 0.2) is 43.9 Å². The van der Waals surface area contributed by atoms with E-state index in [1.165, 1.54) is 21.9 Å². The molecule has 2 N–H and O–H groups in total. The summed E-state index contributed by atoms with van der Waals surface area (Å²) in [4.78, 5) is 17.9. The fourth-order valence-electron chi connectivity index (χ4n) is 1.66. The van der Waals surface area contributed by atoms with Crippen LogP contribution in [-0.4, -0.2) is 14.6 Å². The van der Waals surface area contributed by atoms with Crippen LogP contribution in [0.1, 0.15) is 5.69 Å². The standard InChI is InChI=1S/C12H9BrN4OS2/c13-9-3-7(14)1-2-10(9)19-5-8-4-11(18)17-12(16-8)20-6-15-17/h1-4,6H,5,14H2. The second kappa shape index (κ2) is 5.55. The first-order valence-corrected chi connectivity index (χ1v) is 8.29. The van der Waals surface area contributed by atoms with Gasteiger partial charge in [0.05, 0.1) is 5.69 Å². The van der Waals surface area contributed by atoms with Crippen molar-refractivity contribution in [2.75, 3.05) is 5.73 Å². The summed E-state index contributed by atoms with van der Waals surface area (Å²) >= 11 is 6.42. The minimum atomic E-state index is -0.150. The zero-order valence-corrected chi connectivity index (χ0v) is 13.3. The number of thioether (sulfide) groups is 1. The van der Waals surface area contributed by atoms with Crippen molar-refractivity contribution in [1.82, 2.24) is 14.6 Å². The van der Waals surface area contributed by atoms with Gasteiger partial charge < -0.3 is 5.73 Å². The fraction of sp³-hybridized carbons (Fsp3) is 0.0833. The third-order valence-electron chi connectivity index (χ3n) is 2.57. The van der Waals surface area contributed by atoms with Gasteiger partial charge in [-0.05, 0) is 34.1 Å². The highest BCUT2D eigenvalue weighted by Gasteiger charge is 2.07. The molecule has 0 bridgehead atoms. The summed E-state index contributed by atoms with van der Waals surface area (Å²) < 4.78 is 2.25. The van der Waals surface area contributed by atoms with E-state index in [-0.39, 0.29) is 5.56 Å². The Kier molecular flexibility index (Phi) is 3.77. The van der Waals surface area contributed by atoms with Crippen LogP contribution in [0.2, 0.25) is 0 Å². The van der Waals surface area contributed by atoms with Crippen molar-refractivity contribution < 1.29 is 0 Å². The number of halogens is 1. The molecule has 0 spiro atoms. The van der Waals surface area contributed by atoms with Gasteiger partial charge in [-0.25, -0.2) is 4.98 Å². The molecular weight excluding hydrogens is 360 g/mol. The number of hydrogen-bond acceptors (Lipinski definition) is 6. The highest BCUT2D eigenvalue weighted by atomic mass is 79.9. The van der Waals surface area contributed by atoms with E-state index in [0.29, 0.717) is 16.4 Å². The van der Waals surface area contributed by atoms with E-state index in [2.05, 4.69) is 26.0 Å². The van der Waals surface area contributed by atoms with E-state index in [1.54, 1.807) is 17.3 Å². The van der Waals surface area contributed by atoms with E-state index in [4.69, 9.17) is 5.73 Å². The molecule has 0 atom stereocenters. The van der Waals surface area contributed by atoms with Crippen LogP contribution < -0.4 is 11.3 Å². The first kappa shape index (κ1) is 13.6. The number of anilines is 1. The third-order valence-corrected chi connectivity index (χ3v) is 5.27. The molecule has 102 valence electrons. The number of benzene rings is 1. The Labute approximate surface area is 131 Å². The Balaban J connectivity index is 1.84. The van der Waals surface area contributed by atoms with Crippen molar-refractivity contribution in [1.29, 1.82) is 0 Å². The van der Waals surface area contributed by atoms with Crippen molar-refractivity contribution in [2.45, 2.75) is 10.6 Å². The van der Waals surface area contributed by atoms with Crippen LogP contribution in [0.4, 0.5) is 5.69 Å².